The predicted molar refractivity (Wildman–Crippen MR) is 91.3 cm³/mol. The summed E-state index contributed by atoms with van der Waals surface area (Å²) >= 11 is 0. The van der Waals surface area contributed by atoms with Gasteiger partial charge in [-0.25, -0.2) is 0 Å². The van der Waals surface area contributed by atoms with Gasteiger partial charge < -0.3 is 15.2 Å². The van der Waals surface area contributed by atoms with Crippen LogP contribution in [0.2, 0.25) is 0 Å². The van der Waals surface area contributed by atoms with E-state index in [0.29, 0.717) is 17.0 Å². The normalized spacial score (nSPS) is 10.5. The molecular weight excluding hydrogens is 290 g/mol. The van der Waals surface area contributed by atoms with Gasteiger partial charge in [0.05, 0.1) is 7.11 Å². The van der Waals surface area contributed by atoms with E-state index in [4.69, 9.17) is 4.74 Å². The molecule has 3 rings (SSSR count). The number of phenols is 1. The molecule has 0 spiro atoms. The van der Waals surface area contributed by atoms with Gasteiger partial charge in [-0.2, -0.15) is 0 Å². The second-order valence-corrected chi connectivity index (χ2v) is 5.40. The second-order valence-electron chi connectivity index (χ2n) is 5.40. The second kappa shape index (κ2) is 6.01. The number of anilines is 1. The number of aromatic hydroxyl groups is 1. The van der Waals surface area contributed by atoms with E-state index in [1.165, 1.54) is 0 Å². The van der Waals surface area contributed by atoms with E-state index in [9.17, 15) is 9.90 Å². The Balaban J connectivity index is 2.00. The summed E-state index contributed by atoms with van der Waals surface area (Å²) in [6.07, 6.45) is 0. The minimum Gasteiger partial charge on any atom is -0.508 e. The average molecular weight is 307 g/mol. The highest BCUT2D eigenvalue weighted by atomic mass is 16.5. The molecule has 0 aliphatic rings. The molecular formula is C19H17NO3. The number of nitrogens with one attached hydrogen (secondary N) is 1. The molecule has 0 heterocycles. The van der Waals surface area contributed by atoms with Gasteiger partial charge in [0, 0.05) is 16.6 Å². The van der Waals surface area contributed by atoms with Crippen LogP contribution in [-0.4, -0.2) is 18.1 Å². The Labute approximate surface area is 134 Å². The van der Waals surface area contributed by atoms with E-state index in [-0.39, 0.29) is 11.7 Å². The van der Waals surface area contributed by atoms with Crippen LogP contribution in [0.1, 0.15) is 15.9 Å². The van der Waals surface area contributed by atoms with Gasteiger partial charge in [0.2, 0.25) is 0 Å². The summed E-state index contributed by atoms with van der Waals surface area (Å²) in [5.74, 6) is 0.571. The molecule has 2 N–H and O–H groups in total. The zero-order valence-electron chi connectivity index (χ0n) is 13.0. The van der Waals surface area contributed by atoms with Gasteiger partial charge in [-0.1, -0.05) is 18.2 Å². The van der Waals surface area contributed by atoms with E-state index < -0.39 is 0 Å². The maximum Gasteiger partial charge on any atom is 0.255 e. The molecule has 0 aliphatic heterocycles. The smallest absolute Gasteiger partial charge is 0.255 e. The lowest BCUT2D eigenvalue weighted by Gasteiger charge is -2.11. The summed E-state index contributed by atoms with van der Waals surface area (Å²) in [6.45, 7) is 1.97. The maximum absolute atomic E-state index is 12.5. The van der Waals surface area contributed by atoms with Crippen LogP contribution in [0.4, 0.5) is 5.69 Å². The van der Waals surface area contributed by atoms with Crippen molar-refractivity contribution in [3.05, 3.63) is 65.7 Å². The van der Waals surface area contributed by atoms with Crippen molar-refractivity contribution in [1.82, 2.24) is 0 Å². The van der Waals surface area contributed by atoms with Gasteiger partial charge in [0.25, 0.3) is 5.91 Å². The fraction of sp³-hybridized carbons (Fsp3) is 0.105. The zero-order chi connectivity index (χ0) is 16.4. The summed E-state index contributed by atoms with van der Waals surface area (Å²) in [4.78, 5) is 12.5. The van der Waals surface area contributed by atoms with Gasteiger partial charge >= 0.3 is 0 Å². The Morgan fingerprint density at radius 2 is 1.91 bits per heavy atom. The van der Waals surface area contributed by atoms with Crippen LogP contribution in [0.25, 0.3) is 10.8 Å². The van der Waals surface area contributed by atoms with Crippen LogP contribution in [0.3, 0.4) is 0 Å². The summed E-state index contributed by atoms with van der Waals surface area (Å²) in [5, 5.41) is 14.4. The molecule has 0 saturated carbocycles. The topological polar surface area (TPSA) is 58.6 Å². The standard InChI is InChI=1S/C19H17NO3/c1-12-8-13-6-7-15(21)11-17(13)18(9-12)20-19(22)14-4-3-5-16(10-14)23-2/h3-11,21H,1-2H3,(H,20,22). The van der Waals surface area contributed by atoms with E-state index >= 15 is 0 Å². The molecule has 0 atom stereocenters. The number of phenolic OH excluding ortho intramolecular Hbond substituents is 1. The lowest BCUT2D eigenvalue weighted by molar-refractivity contribution is 0.102. The van der Waals surface area contributed by atoms with E-state index in [1.54, 1.807) is 43.5 Å². The third-order valence-electron chi connectivity index (χ3n) is 3.66. The number of ether oxygens (including phenoxy) is 1. The minimum atomic E-state index is -0.223. The van der Waals surface area contributed by atoms with Crippen LogP contribution >= 0.6 is 0 Å². The Bertz CT molecular complexity index is 887. The van der Waals surface area contributed by atoms with Gasteiger partial charge in [-0.05, 0) is 54.3 Å². The fourth-order valence-corrected chi connectivity index (χ4v) is 2.56. The minimum absolute atomic E-state index is 0.165. The van der Waals surface area contributed by atoms with Crippen LogP contribution < -0.4 is 10.1 Å². The first-order valence-electron chi connectivity index (χ1n) is 7.25. The molecule has 4 heteroatoms. The molecule has 1 amide bonds. The molecule has 0 fully saturated rings. The van der Waals surface area contributed by atoms with Crippen LogP contribution in [0.15, 0.2) is 54.6 Å². The first-order chi connectivity index (χ1) is 11.1. The van der Waals surface area contributed by atoms with Crippen molar-refractivity contribution in [3.8, 4) is 11.5 Å². The number of carbonyl (C=O) groups excluding carboxylic acids is 1. The van der Waals surface area contributed by atoms with Gasteiger partial charge in [0.15, 0.2) is 0 Å². The van der Waals surface area contributed by atoms with E-state index in [0.717, 1.165) is 16.3 Å². The first-order valence-corrected chi connectivity index (χ1v) is 7.25. The molecule has 4 nitrogen and oxygen atoms in total. The number of amides is 1. The Morgan fingerprint density at radius 1 is 1.09 bits per heavy atom. The van der Waals surface area contributed by atoms with Crippen LogP contribution in [0.5, 0.6) is 11.5 Å². The lowest BCUT2D eigenvalue weighted by Crippen LogP contribution is -2.12. The highest BCUT2D eigenvalue weighted by Crippen LogP contribution is 2.29. The largest absolute Gasteiger partial charge is 0.508 e. The third kappa shape index (κ3) is 3.11. The van der Waals surface area contributed by atoms with Crippen LogP contribution in [-0.2, 0) is 0 Å². The third-order valence-corrected chi connectivity index (χ3v) is 3.66. The molecule has 3 aromatic carbocycles. The van der Waals surface area contributed by atoms with Gasteiger partial charge in [-0.15, -0.1) is 0 Å². The number of hydrogen-bond donors (Lipinski definition) is 2. The highest BCUT2D eigenvalue weighted by Gasteiger charge is 2.10. The van der Waals surface area contributed by atoms with Crippen molar-refractivity contribution in [2.75, 3.05) is 12.4 Å². The number of fused-ring (bicyclic) bond motifs is 1. The molecule has 23 heavy (non-hydrogen) atoms. The maximum atomic E-state index is 12.5. The first kappa shape index (κ1) is 14.9. The number of benzene rings is 3. The van der Waals surface area contributed by atoms with Crippen molar-refractivity contribution in [1.29, 1.82) is 0 Å². The number of aryl methyl sites for hydroxylation is 1. The number of hydrogen-bond acceptors (Lipinski definition) is 3. The number of rotatable bonds is 3. The van der Waals surface area contributed by atoms with Crippen molar-refractivity contribution in [3.63, 3.8) is 0 Å². The lowest BCUT2D eigenvalue weighted by atomic mass is 10.0. The molecule has 0 aromatic heterocycles. The van der Waals surface area contributed by atoms with E-state index in [2.05, 4.69) is 5.32 Å². The number of carbonyl (C=O) groups is 1. The van der Waals surface area contributed by atoms with Crippen molar-refractivity contribution < 1.29 is 14.6 Å². The average Bonchev–Trinajstić information content (AvgIpc) is 2.55. The SMILES string of the molecule is COc1cccc(C(=O)Nc2cc(C)cc3ccc(O)cc23)c1. The molecule has 0 aliphatic carbocycles. The summed E-state index contributed by atoms with van der Waals surface area (Å²) in [5.41, 5.74) is 2.21. The Morgan fingerprint density at radius 3 is 2.70 bits per heavy atom. The highest BCUT2D eigenvalue weighted by molar-refractivity contribution is 6.09. The van der Waals surface area contributed by atoms with Gasteiger partial charge in [-0.3, -0.25) is 4.79 Å². The fourth-order valence-electron chi connectivity index (χ4n) is 2.56. The summed E-state index contributed by atoms with van der Waals surface area (Å²) in [7, 11) is 1.56. The zero-order valence-corrected chi connectivity index (χ0v) is 13.0. The van der Waals surface area contributed by atoms with Crippen molar-refractivity contribution in [2.45, 2.75) is 6.92 Å². The number of methoxy groups -OCH3 is 1. The molecule has 0 bridgehead atoms. The van der Waals surface area contributed by atoms with Gasteiger partial charge in [0.1, 0.15) is 11.5 Å². The molecule has 116 valence electrons. The molecule has 0 saturated heterocycles. The van der Waals surface area contributed by atoms with Crippen molar-refractivity contribution in [2.24, 2.45) is 0 Å². The van der Waals surface area contributed by atoms with E-state index in [1.807, 2.05) is 25.1 Å². The Kier molecular flexibility index (Phi) is 3.89. The molecule has 0 unspecified atom stereocenters. The summed E-state index contributed by atoms with van der Waals surface area (Å²) < 4.78 is 5.15. The Hall–Kier alpha value is -3.01. The quantitative estimate of drug-likeness (QED) is 0.765. The monoisotopic (exact) mass is 307 g/mol. The molecule has 0 radical (unpaired) electrons. The molecule has 3 aromatic rings. The van der Waals surface area contributed by atoms with Crippen LogP contribution in [0, 0.1) is 6.92 Å². The van der Waals surface area contributed by atoms with Crippen molar-refractivity contribution >= 4 is 22.4 Å². The summed E-state index contributed by atoms with van der Waals surface area (Å²) in [6, 6.07) is 16.0. The predicted octanol–water partition coefficient (Wildman–Crippen LogP) is 4.11.